The quantitative estimate of drug-likeness (QED) is 0.594. The molecule has 0 bridgehead atoms. The van der Waals surface area contributed by atoms with Crippen LogP contribution in [0.25, 0.3) is 0 Å². The number of rotatable bonds is 5. The van der Waals surface area contributed by atoms with E-state index in [1.807, 2.05) is 36.0 Å². The highest BCUT2D eigenvalue weighted by Crippen LogP contribution is 1.93. The van der Waals surface area contributed by atoms with E-state index in [2.05, 4.69) is 0 Å². The first-order valence-corrected chi connectivity index (χ1v) is 5.44. The first-order chi connectivity index (χ1) is 7.63. The predicted octanol–water partition coefficient (Wildman–Crippen LogP) is -2.87. The van der Waals surface area contributed by atoms with Gasteiger partial charge in [-0.3, -0.25) is 4.79 Å². The predicted molar refractivity (Wildman–Crippen MR) is 60.7 cm³/mol. The van der Waals surface area contributed by atoms with Crippen LogP contribution in [-0.4, -0.2) is 36.1 Å². The fourth-order valence-electron chi connectivity index (χ4n) is 1.37. The summed E-state index contributed by atoms with van der Waals surface area (Å²) in [7, 11) is 1.71. The molecule has 0 saturated carbocycles. The molecule has 5 heteroatoms. The van der Waals surface area contributed by atoms with Crippen molar-refractivity contribution in [2.24, 2.45) is 0 Å². The van der Waals surface area contributed by atoms with Gasteiger partial charge in [-0.1, -0.05) is 0 Å². The highest BCUT2D eigenvalue weighted by molar-refractivity contribution is 5.75. The molecule has 0 aliphatic heterocycles. The van der Waals surface area contributed by atoms with Crippen molar-refractivity contribution in [2.45, 2.75) is 19.9 Å². The van der Waals surface area contributed by atoms with E-state index in [-0.39, 0.29) is 29.5 Å². The normalized spacial score (nSPS) is 9.59. The molecule has 1 amide bonds. The van der Waals surface area contributed by atoms with Gasteiger partial charge in [-0.25, -0.2) is 4.57 Å². The SMILES string of the molecule is Cc1cc[n+](CCC(=O)N(C)CCO)cc1.[Br-]. The second kappa shape index (κ2) is 8.20. The minimum atomic E-state index is 0. The average molecular weight is 303 g/mol. The summed E-state index contributed by atoms with van der Waals surface area (Å²) in [4.78, 5) is 13.1. The Morgan fingerprint density at radius 2 is 2.00 bits per heavy atom. The number of carbonyl (C=O) groups excluding carboxylic acids is 1. The van der Waals surface area contributed by atoms with E-state index in [9.17, 15) is 4.79 Å². The molecule has 4 nitrogen and oxygen atoms in total. The maximum absolute atomic E-state index is 11.6. The average Bonchev–Trinajstić information content (AvgIpc) is 2.28. The van der Waals surface area contributed by atoms with Gasteiger partial charge in [-0.15, -0.1) is 0 Å². The minimum absolute atomic E-state index is 0. The topological polar surface area (TPSA) is 44.4 Å². The number of halogens is 1. The first kappa shape index (κ1) is 16.1. The number of aliphatic hydroxyl groups is 1. The lowest BCUT2D eigenvalue weighted by molar-refractivity contribution is -0.696. The van der Waals surface area contributed by atoms with Gasteiger partial charge in [0, 0.05) is 25.7 Å². The van der Waals surface area contributed by atoms with Crippen LogP contribution in [0.4, 0.5) is 0 Å². The van der Waals surface area contributed by atoms with E-state index < -0.39 is 0 Å². The number of amides is 1. The van der Waals surface area contributed by atoms with E-state index >= 15 is 0 Å². The number of aromatic nitrogens is 1. The molecule has 0 unspecified atom stereocenters. The maximum Gasteiger partial charge on any atom is 0.228 e. The molecule has 1 aromatic rings. The summed E-state index contributed by atoms with van der Waals surface area (Å²) < 4.78 is 1.98. The minimum Gasteiger partial charge on any atom is -1.00 e. The zero-order valence-corrected chi connectivity index (χ0v) is 11.9. The lowest BCUT2D eigenvalue weighted by atomic mass is 10.3. The van der Waals surface area contributed by atoms with Crippen LogP contribution in [0.3, 0.4) is 0 Å². The summed E-state index contributed by atoms with van der Waals surface area (Å²) in [5.41, 5.74) is 1.21. The number of carbonyl (C=O) groups is 1. The van der Waals surface area contributed by atoms with Gasteiger partial charge in [0.15, 0.2) is 18.9 Å². The van der Waals surface area contributed by atoms with Crippen molar-refractivity contribution in [1.29, 1.82) is 0 Å². The van der Waals surface area contributed by atoms with Gasteiger partial charge in [-0.2, -0.15) is 0 Å². The van der Waals surface area contributed by atoms with Crippen LogP contribution in [0.2, 0.25) is 0 Å². The molecule has 0 aromatic carbocycles. The highest BCUT2D eigenvalue weighted by atomic mass is 79.9. The summed E-state index contributed by atoms with van der Waals surface area (Å²) in [6, 6.07) is 4.03. The Bertz CT molecular complexity index is 341. The van der Waals surface area contributed by atoms with Crippen molar-refractivity contribution < 1.29 is 31.4 Å². The highest BCUT2D eigenvalue weighted by Gasteiger charge is 2.10. The van der Waals surface area contributed by atoms with E-state index in [1.165, 1.54) is 5.56 Å². The number of pyridine rings is 1. The molecule has 96 valence electrons. The summed E-state index contributed by atoms with van der Waals surface area (Å²) in [6.07, 6.45) is 4.40. The van der Waals surface area contributed by atoms with Crippen molar-refractivity contribution in [1.82, 2.24) is 4.90 Å². The summed E-state index contributed by atoms with van der Waals surface area (Å²) >= 11 is 0. The Labute approximate surface area is 113 Å². The molecular formula is C12H19BrN2O2. The van der Waals surface area contributed by atoms with Gasteiger partial charge in [0.25, 0.3) is 0 Å². The van der Waals surface area contributed by atoms with E-state index in [1.54, 1.807) is 11.9 Å². The Kier molecular flexibility index (Phi) is 7.74. The van der Waals surface area contributed by atoms with Gasteiger partial charge in [0.2, 0.25) is 5.91 Å². The first-order valence-electron chi connectivity index (χ1n) is 5.44. The lowest BCUT2D eigenvalue weighted by Gasteiger charge is -2.14. The Hall–Kier alpha value is -0.940. The molecule has 0 atom stereocenters. The van der Waals surface area contributed by atoms with Crippen molar-refractivity contribution in [2.75, 3.05) is 20.2 Å². The second-order valence-electron chi connectivity index (χ2n) is 3.90. The Balaban J connectivity index is 0.00000256. The molecule has 0 fully saturated rings. The standard InChI is InChI=1S/C12H19N2O2.BrH/c1-11-3-6-14(7-4-11)8-5-12(16)13(2)9-10-15;/h3-4,6-7,15H,5,8-10H2,1-2H3;1H/q+1;/p-1. The van der Waals surface area contributed by atoms with E-state index in [0.29, 0.717) is 19.5 Å². The lowest BCUT2D eigenvalue weighted by Crippen LogP contribution is -3.00. The molecule has 0 radical (unpaired) electrons. The molecule has 0 saturated heterocycles. The fraction of sp³-hybridized carbons (Fsp3) is 0.500. The molecule has 17 heavy (non-hydrogen) atoms. The second-order valence-corrected chi connectivity index (χ2v) is 3.90. The van der Waals surface area contributed by atoms with Gasteiger partial charge < -0.3 is 27.0 Å². The largest absolute Gasteiger partial charge is 1.00 e. The van der Waals surface area contributed by atoms with Gasteiger partial charge in [0.1, 0.15) is 0 Å². The zero-order chi connectivity index (χ0) is 12.0. The number of hydrogen-bond acceptors (Lipinski definition) is 2. The van der Waals surface area contributed by atoms with E-state index in [4.69, 9.17) is 5.11 Å². The fourth-order valence-corrected chi connectivity index (χ4v) is 1.37. The van der Waals surface area contributed by atoms with Crippen molar-refractivity contribution in [3.05, 3.63) is 30.1 Å². The van der Waals surface area contributed by atoms with Crippen molar-refractivity contribution in [3.8, 4) is 0 Å². The smallest absolute Gasteiger partial charge is 0.228 e. The Morgan fingerprint density at radius 1 is 1.41 bits per heavy atom. The number of hydrogen-bond donors (Lipinski definition) is 1. The Morgan fingerprint density at radius 3 is 2.53 bits per heavy atom. The van der Waals surface area contributed by atoms with Crippen LogP contribution < -0.4 is 21.5 Å². The number of likely N-dealkylation sites (N-methyl/N-ethyl adjacent to an activating group) is 1. The molecule has 1 N–H and O–H groups in total. The van der Waals surface area contributed by atoms with Crippen LogP contribution in [0, 0.1) is 6.92 Å². The van der Waals surface area contributed by atoms with Gasteiger partial charge in [0.05, 0.1) is 13.0 Å². The molecule has 0 aliphatic carbocycles. The van der Waals surface area contributed by atoms with Gasteiger partial charge >= 0.3 is 0 Å². The molecule has 0 spiro atoms. The summed E-state index contributed by atoms with van der Waals surface area (Å²) in [5, 5.41) is 8.70. The number of aryl methyl sites for hydroxylation is 2. The zero-order valence-electron chi connectivity index (χ0n) is 10.3. The van der Waals surface area contributed by atoms with Crippen LogP contribution in [0.1, 0.15) is 12.0 Å². The van der Waals surface area contributed by atoms with Crippen LogP contribution >= 0.6 is 0 Å². The van der Waals surface area contributed by atoms with Crippen LogP contribution in [0.15, 0.2) is 24.5 Å². The van der Waals surface area contributed by atoms with Crippen LogP contribution in [0.5, 0.6) is 0 Å². The van der Waals surface area contributed by atoms with Crippen molar-refractivity contribution in [3.63, 3.8) is 0 Å². The molecule has 0 aliphatic rings. The van der Waals surface area contributed by atoms with Crippen molar-refractivity contribution >= 4 is 5.91 Å². The van der Waals surface area contributed by atoms with Crippen LogP contribution in [-0.2, 0) is 11.3 Å². The molecule has 1 rings (SSSR count). The summed E-state index contributed by atoms with van der Waals surface area (Å²) in [5.74, 6) is 0.0575. The third-order valence-electron chi connectivity index (χ3n) is 2.50. The van der Waals surface area contributed by atoms with Gasteiger partial charge in [-0.05, 0) is 12.5 Å². The number of aliphatic hydroxyl groups excluding tert-OH is 1. The van der Waals surface area contributed by atoms with E-state index in [0.717, 1.165) is 0 Å². The maximum atomic E-state index is 11.6. The molecule has 1 heterocycles. The third-order valence-corrected chi connectivity index (χ3v) is 2.50. The molecule has 1 aromatic heterocycles. The summed E-state index contributed by atoms with van der Waals surface area (Å²) in [6.45, 7) is 3.12. The monoisotopic (exact) mass is 302 g/mol. The third kappa shape index (κ3) is 5.79. The molecular weight excluding hydrogens is 284 g/mol. The number of nitrogens with zero attached hydrogens (tertiary/aromatic N) is 2.